The van der Waals surface area contributed by atoms with E-state index in [1.165, 1.54) is 29.6 Å². The molecule has 1 aliphatic rings. The molecule has 5 heteroatoms. The number of anilines is 1. The van der Waals surface area contributed by atoms with Crippen molar-refractivity contribution in [2.75, 3.05) is 18.4 Å². The standard InChI is InChI=1S/C22H25N3OS/c1-16-8-10-25(11-9-16)14-20-15-27-22(23-20)24-21(26)13-17-6-7-18-4-2-3-5-19(18)12-17/h2-7,12,15-16H,8-11,13-14H2,1H3,(H,23,24,26). The van der Waals surface area contributed by atoms with Gasteiger partial charge < -0.3 is 5.32 Å². The molecule has 0 spiro atoms. The summed E-state index contributed by atoms with van der Waals surface area (Å²) < 4.78 is 0. The molecule has 0 saturated carbocycles. The van der Waals surface area contributed by atoms with E-state index in [4.69, 9.17) is 0 Å². The molecule has 1 N–H and O–H groups in total. The fraction of sp³-hybridized carbons (Fsp3) is 0.364. The molecule has 1 amide bonds. The molecule has 0 atom stereocenters. The molecule has 4 rings (SSSR count). The van der Waals surface area contributed by atoms with E-state index in [0.29, 0.717) is 11.6 Å². The highest BCUT2D eigenvalue weighted by Crippen LogP contribution is 2.21. The number of amides is 1. The molecule has 2 heterocycles. The quantitative estimate of drug-likeness (QED) is 0.698. The number of benzene rings is 2. The monoisotopic (exact) mass is 379 g/mol. The molecule has 0 unspecified atom stereocenters. The summed E-state index contributed by atoms with van der Waals surface area (Å²) in [5.74, 6) is 0.819. The van der Waals surface area contributed by atoms with Gasteiger partial charge in [-0.3, -0.25) is 9.69 Å². The number of hydrogen-bond acceptors (Lipinski definition) is 4. The van der Waals surface area contributed by atoms with Crippen LogP contribution in [0.5, 0.6) is 0 Å². The van der Waals surface area contributed by atoms with E-state index in [0.717, 1.165) is 42.2 Å². The first-order chi connectivity index (χ1) is 13.2. The van der Waals surface area contributed by atoms with Gasteiger partial charge in [-0.2, -0.15) is 0 Å². The minimum Gasteiger partial charge on any atom is -0.302 e. The summed E-state index contributed by atoms with van der Waals surface area (Å²) in [5, 5.41) is 8.06. The van der Waals surface area contributed by atoms with Gasteiger partial charge in [-0.25, -0.2) is 4.98 Å². The molecule has 1 aromatic heterocycles. The van der Waals surface area contributed by atoms with Gasteiger partial charge in [0.05, 0.1) is 12.1 Å². The van der Waals surface area contributed by atoms with Crippen LogP contribution in [0, 0.1) is 5.92 Å². The Morgan fingerprint density at radius 1 is 1.19 bits per heavy atom. The van der Waals surface area contributed by atoms with Gasteiger partial charge >= 0.3 is 0 Å². The second-order valence-corrected chi connectivity index (χ2v) is 8.37. The molecule has 3 aromatic rings. The van der Waals surface area contributed by atoms with Crippen LogP contribution < -0.4 is 5.32 Å². The zero-order valence-electron chi connectivity index (χ0n) is 15.6. The van der Waals surface area contributed by atoms with Crippen LogP contribution in [0.2, 0.25) is 0 Å². The number of thiazole rings is 1. The van der Waals surface area contributed by atoms with Crippen LogP contribution in [-0.4, -0.2) is 28.9 Å². The smallest absolute Gasteiger partial charge is 0.230 e. The number of nitrogens with zero attached hydrogens (tertiary/aromatic N) is 2. The minimum absolute atomic E-state index is 0.0158. The molecular weight excluding hydrogens is 354 g/mol. The Labute approximate surface area is 164 Å². The third-order valence-corrected chi connectivity index (χ3v) is 6.05. The predicted molar refractivity (Wildman–Crippen MR) is 112 cm³/mol. The largest absolute Gasteiger partial charge is 0.302 e. The Bertz CT molecular complexity index is 928. The van der Waals surface area contributed by atoms with Crippen molar-refractivity contribution in [3.63, 3.8) is 0 Å². The first kappa shape index (κ1) is 18.1. The van der Waals surface area contributed by atoms with Crippen molar-refractivity contribution >= 4 is 33.1 Å². The number of piperidine rings is 1. The zero-order valence-corrected chi connectivity index (χ0v) is 16.5. The number of hydrogen-bond donors (Lipinski definition) is 1. The zero-order chi connectivity index (χ0) is 18.6. The van der Waals surface area contributed by atoms with Gasteiger partial charge in [-0.1, -0.05) is 49.4 Å². The SMILES string of the molecule is CC1CCN(Cc2csc(NC(=O)Cc3ccc4ccccc4c3)n2)CC1. The fourth-order valence-corrected chi connectivity index (χ4v) is 4.30. The highest BCUT2D eigenvalue weighted by atomic mass is 32.1. The number of nitrogens with one attached hydrogen (secondary N) is 1. The van der Waals surface area contributed by atoms with Crippen LogP contribution >= 0.6 is 11.3 Å². The molecule has 0 radical (unpaired) electrons. The molecule has 4 nitrogen and oxygen atoms in total. The fourth-order valence-electron chi connectivity index (χ4n) is 3.58. The Morgan fingerprint density at radius 3 is 2.78 bits per heavy atom. The Balaban J connectivity index is 1.33. The van der Waals surface area contributed by atoms with Crippen molar-refractivity contribution in [2.24, 2.45) is 5.92 Å². The molecule has 0 bridgehead atoms. The van der Waals surface area contributed by atoms with Crippen LogP contribution in [0.4, 0.5) is 5.13 Å². The molecule has 1 fully saturated rings. The first-order valence-corrected chi connectivity index (χ1v) is 10.5. The van der Waals surface area contributed by atoms with Crippen LogP contribution in [0.3, 0.4) is 0 Å². The van der Waals surface area contributed by atoms with Gasteiger partial charge in [0.1, 0.15) is 0 Å². The van der Waals surface area contributed by atoms with Crippen molar-refractivity contribution in [1.29, 1.82) is 0 Å². The number of carbonyl (C=O) groups excluding carboxylic acids is 1. The summed E-state index contributed by atoms with van der Waals surface area (Å²) in [6.45, 7) is 5.48. The van der Waals surface area contributed by atoms with Crippen LogP contribution in [0.1, 0.15) is 31.0 Å². The maximum Gasteiger partial charge on any atom is 0.230 e. The lowest BCUT2D eigenvalue weighted by molar-refractivity contribution is -0.115. The summed E-state index contributed by atoms with van der Waals surface area (Å²) in [4.78, 5) is 19.5. The Kier molecular flexibility index (Phi) is 5.50. The van der Waals surface area contributed by atoms with Crippen LogP contribution in [-0.2, 0) is 17.8 Å². The topological polar surface area (TPSA) is 45.2 Å². The van der Waals surface area contributed by atoms with Gasteiger partial charge in [0.15, 0.2) is 5.13 Å². The average molecular weight is 380 g/mol. The normalized spacial score (nSPS) is 15.9. The van der Waals surface area contributed by atoms with E-state index in [1.807, 2.05) is 18.2 Å². The lowest BCUT2D eigenvalue weighted by atomic mass is 9.99. The summed E-state index contributed by atoms with van der Waals surface area (Å²) in [6.07, 6.45) is 2.89. The summed E-state index contributed by atoms with van der Waals surface area (Å²) in [5.41, 5.74) is 2.07. The number of fused-ring (bicyclic) bond motifs is 1. The average Bonchev–Trinajstić information content (AvgIpc) is 3.10. The number of likely N-dealkylation sites (tertiary alicyclic amines) is 1. The maximum absolute atomic E-state index is 12.4. The third kappa shape index (κ3) is 4.73. The summed E-state index contributed by atoms with van der Waals surface area (Å²) >= 11 is 1.51. The Morgan fingerprint density at radius 2 is 1.96 bits per heavy atom. The molecule has 1 aliphatic heterocycles. The predicted octanol–water partition coefficient (Wildman–Crippen LogP) is 4.71. The van der Waals surface area contributed by atoms with E-state index < -0.39 is 0 Å². The van der Waals surface area contributed by atoms with Crippen molar-refractivity contribution < 1.29 is 4.79 Å². The molecule has 27 heavy (non-hydrogen) atoms. The van der Waals surface area contributed by atoms with E-state index in [-0.39, 0.29) is 5.91 Å². The van der Waals surface area contributed by atoms with Crippen molar-refractivity contribution in [3.8, 4) is 0 Å². The van der Waals surface area contributed by atoms with Gasteiger partial charge in [0, 0.05) is 11.9 Å². The van der Waals surface area contributed by atoms with Gasteiger partial charge in [-0.15, -0.1) is 11.3 Å². The maximum atomic E-state index is 12.4. The second kappa shape index (κ2) is 8.19. The molecule has 2 aromatic carbocycles. The van der Waals surface area contributed by atoms with Crippen molar-refractivity contribution in [1.82, 2.24) is 9.88 Å². The first-order valence-electron chi connectivity index (χ1n) is 9.60. The van der Waals surface area contributed by atoms with E-state index >= 15 is 0 Å². The van der Waals surface area contributed by atoms with E-state index in [2.05, 4.69) is 51.8 Å². The lowest BCUT2D eigenvalue weighted by Crippen LogP contribution is -2.32. The highest BCUT2D eigenvalue weighted by molar-refractivity contribution is 7.13. The number of rotatable bonds is 5. The summed E-state index contributed by atoms with van der Waals surface area (Å²) in [6, 6.07) is 14.4. The molecule has 140 valence electrons. The highest BCUT2D eigenvalue weighted by Gasteiger charge is 2.17. The van der Waals surface area contributed by atoms with Crippen molar-refractivity contribution in [2.45, 2.75) is 32.7 Å². The van der Waals surface area contributed by atoms with Crippen molar-refractivity contribution in [3.05, 3.63) is 59.1 Å². The number of aromatic nitrogens is 1. The molecule has 0 aliphatic carbocycles. The Hall–Kier alpha value is -2.24. The van der Waals surface area contributed by atoms with Gasteiger partial charge in [-0.05, 0) is 48.2 Å². The van der Waals surface area contributed by atoms with E-state index in [1.54, 1.807) is 0 Å². The second-order valence-electron chi connectivity index (χ2n) is 7.51. The molecule has 1 saturated heterocycles. The summed E-state index contributed by atoms with van der Waals surface area (Å²) in [7, 11) is 0. The van der Waals surface area contributed by atoms with E-state index in [9.17, 15) is 4.79 Å². The third-order valence-electron chi connectivity index (χ3n) is 5.24. The van der Waals surface area contributed by atoms with Gasteiger partial charge in [0.25, 0.3) is 0 Å². The van der Waals surface area contributed by atoms with Crippen LogP contribution in [0.15, 0.2) is 47.8 Å². The lowest BCUT2D eigenvalue weighted by Gasteiger charge is -2.29. The molecular formula is C22H25N3OS. The van der Waals surface area contributed by atoms with Crippen LogP contribution in [0.25, 0.3) is 10.8 Å². The number of carbonyl (C=O) groups is 1. The minimum atomic E-state index is -0.0158. The van der Waals surface area contributed by atoms with Gasteiger partial charge in [0.2, 0.25) is 5.91 Å².